The Morgan fingerprint density at radius 3 is 2.70 bits per heavy atom. The number of likely N-dealkylation sites (tertiary alicyclic amines) is 1. The summed E-state index contributed by atoms with van der Waals surface area (Å²) in [6.45, 7) is 3.35. The monoisotopic (exact) mass is 420 g/mol. The molecule has 0 saturated carbocycles. The number of halogens is 1. The van der Waals surface area contributed by atoms with Crippen LogP contribution in [0.2, 0.25) is 0 Å². The van der Waals surface area contributed by atoms with Gasteiger partial charge in [-0.25, -0.2) is 9.07 Å². The maximum absolute atomic E-state index is 13.3. The van der Waals surface area contributed by atoms with Gasteiger partial charge in [0.2, 0.25) is 0 Å². The fraction of sp³-hybridized carbons (Fsp3) is 0.217. The number of fused-ring (bicyclic) bond motifs is 1. The summed E-state index contributed by atoms with van der Waals surface area (Å²) < 4.78 is 15.1. The standard InChI is InChI=1S/C23H21FN4OS/c1-15-20-13-21(30-23(20)28(26-15)19-9-7-16(24)8-10-19)22(29)27-12-11-18(14-27)25-17-5-3-2-4-6-17/h2-10,13,18,25H,11-12,14H2,1H3. The summed E-state index contributed by atoms with van der Waals surface area (Å²) in [5.74, 6) is -0.229. The number of rotatable bonds is 4. The van der Waals surface area contributed by atoms with Crippen molar-refractivity contribution in [2.75, 3.05) is 18.4 Å². The Morgan fingerprint density at radius 1 is 1.17 bits per heavy atom. The Morgan fingerprint density at radius 2 is 1.93 bits per heavy atom. The van der Waals surface area contributed by atoms with Crippen molar-refractivity contribution in [1.29, 1.82) is 0 Å². The number of anilines is 1. The van der Waals surface area contributed by atoms with Crippen molar-refractivity contribution < 1.29 is 9.18 Å². The number of amides is 1. The number of aromatic nitrogens is 2. The number of aryl methyl sites for hydroxylation is 1. The van der Waals surface area contributed by atoms with E-state index in [1.807, 2.05) is 48.2 Å². The fourth-order valence-electron chi connectivity index (χ4n) is 3.90. The molecule has 1 amide bonds. The van der Waals surface area contributed by atoms with Gasteiger partial charge in [-0.15, -0.1) is 11.3 Å². The molecule has 2 aromatic carbocycles. The molecule has 30 heavy (non-hydrogen) atoms. The van der Waals surface area contributed by atoms with Crippen LogP contribution in [0.15, 0.2) is 60.7 Å². The molecule has 0 radical (unpaired) electrons. The van der Waals surface area contributed by atoms with Crippen LogP contribution in [-0.2, 0) is 0 Å². The molecule has 1 saturated heterocycles. The Kier molecular flexibility index (Phi) is 4.75. The van der Waals surface area contributed by atoms with Crippen LogP contribution in [0.3, 0.4) is 0 Å². The maximum Gasteiger partial charge on any atom is 0.264 e. The third kappa shape index (κ3) is 3.45. The van der Waals surface area contributed by atoms with Gasteiger partial charge in [-0.3, -0.25) is 4.79 Å². The number of carbonyl (C=O) groups excluding carboxylic acids is 1. The molecule has 0 aliphatic carbocycles. The molecule has 5 nitrogen and oxygen atoms in total. The number of benzene rings is 2. The minimum Gasteiger partial charge on any atom is -0.380 e. The number of nitrogens with one attached hydrogen (secondary N) is 1. The van der Waals surface area contributed by atoms with Crippen LogP contribution < -0.4 is 5.32 Å². The van der Waals surface area contributed by atoms with E-state index in [2.05, 4.69) is 10.4 Å². The van der Waals surface area contributed by atoms with Crippen molar-refractivity contribution in [2.45, 2.75) is 19.4 Å². The van der Waals surface area contributed by atoms with Gasteiger partial charge in [-0.05, 0) is 55.8 Å². The summed E-state index contributed by atoms with van der Waals surface area (Å²) in [5.41, 5.74) is 2.71. The summed E-state index contributed by atoms with van der Waals surface area (Å²) in [7, 11) is 0. The highest BCUT2D eigenvalue weighted by Crippen LogP contribution is 2.32. The number of thiophene rings is 1. The van der Waals surface area contributed by atoms with Crippen LogP contribution in [0.1, 0.15) is 21.8 Å². The molecule has 1 unspecified atom stereocenters. The van der Waals surface area contributed by atoms with Gasteiger partial charge >= 0.3 is 0 Å². The molecule has 5 rings (SSSR count). The summed E-state index contributed by atoms with van der Waals surface area (Å²) in [6.07, 6.45) is 0.925. The van der Waals surface area contributed by atoms with Crippen LogP contribution in [0.5, 0.6) is 0 Å². The predicted molar refractivity (Wildman–Crippen MR) is 118 cm³/mol. The van der Waals surface area contributed by atoms with Gasteiger partial charge in [0.15, 0.2) is 0 Å². The fourth-order valence-corrected chi connectivity index (χ4v) is 5.05. The number of hydrogen-bond donors (Lipinski definition) is 1. The van der Waals surface area contributed by atoms with Crippen LogP contribution in [0, 0.1) is 12.7 Å². The third-order valence-electron chi connectivity index (χ3n) is 5.45. The summed E-state index contributed by atoms with van der Waals surface area (Å²) >= 11 is 1.44. The van der Waals surface area contributed by atoms with Gasteiger partial charge in [0.1, 0.15) is 10.6 Å². The first-order valence-electron chi connectivity index (χ1n) is 9.94. The zero-order chi connectivity index (χ0) is 20.7. The van der Waals surface area contributed by atoms with E-state index in [4.69, 9.17) is 0 Å². The molecule has 7 heteroatoms. The average molecular weight is 421 g/mol. The van der Waals surface area contributed by atoms with Gasteiger partial charge in [-0.2, -0.15) is 5.10 Å². The van der Waals surface area contributed by atoms with Gasteiger partial charge in [0.25, 0.3) is 5.91 Å². The van der Waals surface area contributed by atoms with E-state index >= 15 is 0 Å². The molecule has 1 aliphatic rings. The number of nitrogens with zero attached hydrogens (tertiary/aromatic N) is 3. The minimum absolute atomic E-state index is 0.0543. The Hall–Kier alpha value is -3.19. The predicted octanol–water partition coefficient (Wildman–Crippen LogP) is 4.86. The second-order valence-electron chi connectivity index (χ2n) is 7.55. The van der Waals surface area contributed by atoms with Crippen molar-refractivity contribution in [3.8, 4) is 5.69 Å². The molecule has 1 N–H and O–H groups in total. The molecule has 4 aromatic rings. The molecule has 1 fully saturated rings. The van der Waals surface area contributed by atoms with Crippen molar-refractivity contribution >= 4 is 33.1 Å². The van der Waals surface area contributed by atoms with Crippen molar-refractivity contribution in [2.24, 2.45) is 0 Å². The van der Waals surface area contributed by atoms with Crippen molar-refractivity contribution in [3.63, 3.8) is 0 Å². The lowest BCUT2D eigenvalue weighted by atomic mass is 10.2. The zero-order valence-corrected chi connectivity index (χ0v) is 17.3. The summed E-state index contributed by atoms with van der Waals surface area (Å²) in [6, 6.07) is 18.5. The van der Waals surface area contributed by atoms with Crippen molar-refractivity contribution in [3.05, 3.63) is 77.1 Å². The van der Waals surface area contributed by atoms with Crippen LogP contribution in [0.4, 0.5) is 10.1 Å². The average Bonchev–Trinajstić information content (AvgIpc) is 3.46. The largest absolute Gasteiger partial charge is 0.380 e. The van der Waals surface area contributed by atoms with E-state index in [9.17, 15) is 9.18 Å². The van der Waals surface area contributed by atoms with Gasteiger partial charge in [0, 0.05) is 30.2 Å². The van der Waals surface area contributed by atoms with E-state index in [0.717, 1.165) is 40.3 Å². The zero-order valence-electron chi connectivity index (χ0n) is 16.5. The lowest BCUT2D eigenvalue weighted by Gasteiger charge is -2.17. The van der Waals surface area contributed by atoms with Gasteiger partial charge < -0.3 is 10.2 Å². The van der Waals surface area contributed by atoms with Crippen molar-refractivity contribution in [1.82, 2.24) is 14.7 Å². The van der Waals surface area contributed by atoms with E-state index < -0.39 is 0 Å². The third-order valence-corrected chi connectivity index (χ3v) is 6.55. The SMILES string of the molecule is Cc1nn(-c2ccc(F)cc2)c2sc(C(=O)N3CCC(Nc4ccccc4)C3)cc12. The molecular formula is C23H21FN4OS. The second-order valence-corrected chi connectivity index (χ2v) is 8.58. The summed E-state index contributed by atoms with van der Waals surface area (Å²) in [5, 5.41) is 9.05. The first-order chi connectivity index (χ1) is 14.6. The van der Waals surface area contributed by atoms with E-state index in [1.165, 1.54) is 23.5 Å². The number of para-hydroxylation sites is 1. The van der Waals surface area contributed by atoms with Crippen LogP contribution in [0.25, 0.3) is 15.9 Å². The Bertz CT molecular complexity index is 1200. The Labute approximate surface area is 177 Å². The summed E-state index contributed by atoms with van der Waals surface area (Å²) in [4.78, 5) is 16.7. The van der Waals surface area contributed by atoms with Crippen LogP contribution in [-0.4, -0.2) is 39.7 Å². The molecule has 0 spiro atoms. The van der Waals surface area contributed by atoms with E-state index in [1.54, 1.807) is 16.8 Å². The first-order valence-corrected chi connectivity index (χ1v) is 10.8. The second kappa shape index (κ2) is 7.57. The first kappa shape index (κ1) is 18.8. The molecule has 2 aromatic heterocycles. The lowest BCUT2D eigenvalue weighted by Crippen LogP contribution is -2.31. The quantitative estimate of drug-likeness (QED) is 0.513. The maximum atomic E-state index is 13.3. The highest BCUT2D eigenvalue weighted by molar-refractivity contribution is 7.20. The normalized spacial score (nSPS) is 16.3. The minimum atomic E-state index is -0.284. The van der Waals surface area contributed by atoms with Gasteiger partial charge in [0.05, 0.1) is 16.3 Å². The molecule has 3 heterocycles. The smallest absolute Gasteiger partial charge is 0.264 e. The highest BCUT2D eigenvalue weighted by Gasteiger charge is 2.28. The van der Waals surface area contributed by atoms with E-state index in [0.29, 0.717) is 11.4 Å². The van der Waals surface area contributed by atoms with Gasteiger partial charge in [-0.1, -0.05) is 18.2 Å². The number of hydrogen-bond acceptors (Lipinski definition) is 4. The number of carbonyl (C=O) groups is 1. The molecule has 1 atom stereocenters. The molecular weight excluding hydrogens is 399 g/mol. The highest BCUT2D eigenvalue weighted by atomic mass is 32.1. The van der Waals surface area contributed by atoms with Crippen LogP contribution >= 0.6 is 11.3 Å². The topological polar surface area (TPSA) is 50.2 Å². The molecule has 152 valence electrons. The van der Waals surface area contributed by atoms with E-state index in [-0.39, 0.29) is 17.8 Å². The lowest BCUT2D eigenvalue weighted by molar-refractivity contribution is 0.0796. The Balaban J connectivity index is 1.37. The molecule has 0 bridgehead atoms. The molecule has 1 aliphatic heterocycles.